The summed E-state index contributed by atoms with van der Waals surface area (Å²) < 4.78 is 17.2. The first-order valence-electron chi connectivity index (χ1n) is 5.22. The van der Waals surface area contributed by atoms with E-state index in [4.69, 9.17) is 14.2 Å². The predicted octanol–water partition coefficient (Wildman–Crippen LogP) is 2.29. The Morgan fingerprint density at radius 2 is 1.64 bits per heavy atom. The summed E-state index contributed by atoms with van der Waals surface area (Å²) in [7, 11) is 0. The monoisotopic (exact) mass is 264 g/mol. The molecule has 2 bridgehead atoms. The van der Waals surface area contributed by atoms with Gasteiger partial charge in [0.25, 0.3) is 5.97 Å². The minimum absolute atomic E-state index is 0.0994. The van der Waals surface area contributed by atoms with E-state index >= 15 is 0 Å². The van der Waals surface area contributed by atoms with E-state index in [1.807, 2.05) is 0 Å². The molecule has 0 saturated carbocycles. The second-order valence-corrected chi connectivity index (χ2v) is 5.30. The fourth-order valence-electron chi connectivity index (χ4n) is 1.84. The van der Waals surface area contributed by atoms with Crippen molar-refractivity contribution in [2.75, 3.05) is 19.8 Å². The van der Waals surface area contributed by atoms with Gasteiger partial charge in [-0.25, -0.2) is 0 Å². The number of fused-ring (bicyclic) bond motifs is 3. The molecule has 0 N–H and O–H groups in total. The van der Waals surface area contributed by atoms with Gasteiger partial charge in [0.15, 0.2) is 0 Å². The zero-order chi connectivity index (χ0) is 10.2. The van der Waals surface area contributed by atoms with Crippen LogP contribution in [-0.4, -0.2) is 30.6 Å². The topological polar surface area (TPSA) is 27.7 Å². The number of rotatable bonds is 3. The molecule has 14 heavy (non-hydrogen) atoms. The first kappa shape index (κ1) is 10.9. The third-order valence-corrected chi connectivity index (χ3v) is 4.44. The molecule has 1 unspecified atom stereocenters. The third kappa shape index (κ3) is 1.52. The van der Waals surface area contributed by atoms with E-state index < -0.39 is 5.97 Å². The largest absolute Gasteiger partial charge is 0.326 e. The fraction of sp³-hybridized carbons (Fsp3) is 1.00. The highest BCUT2D eigenvalue weighted by Gasteiger charge is 2.54. The number of ether oxygens (including phenoxy) is 3. The first-order valence-corrected chi connectivity index (χ1v) is 6.14. The van der Waals surface area contributed by atoms with Crippen LogP contribution in [0.4, 0.5) is 0 Å². The molecule has 3 aliphatic heterocycles. The van der Waals surface area contributed by atoms with Crippen molar-refractivity contribution < 1.29 is 14.2 Å². The van der Waals surface area contributed by atoms with Gasteiger partial charge in [-0.2, -0.15) is 0 Å². The lowest BCUT2D eigenvalue weighted by Gasteiger charge is -2.53. The van der Waals surface area contributed by atoms with Gasteiger partial charge in [0.05, 0.1) is 24.6 Å². The Hall–Kier alpha value is 0.360. The SMILES string of the molecule is CCC(Br)C12OCC(CC)(CO1)CO2. The molecule has 82 valence electrons. The van der Waals surface area contributed by atoms with Gasteiger partial charge in [-0.15, -0.1) is 0 Å². The van der Waals surface area contributed by atoms with Gasteiger partial charge in [0.1, 0.15) is 0 Å². The summed E-state index contributed by atoms with van der Waals surface area (Å²) in [5.74, 6) is -0.814. The molecule has 0 aromatic carbocycles. The van der Waals surface area contributed by atoms with Crippen LogP contribution in [0.15, 0.2) is 0 Å². The molecule has 3 fully saturated rings. The van der Waals surface area contributed by atoms with E-state index in [1.165, 1.54) is 0 Å². The van der Waals surface area contributed by atoms with Gasteiger partial charge in [-0.05, 0) is 12.8 Å². The van der Waals surface area contributed by atoms with Gasteiger partial charge < -0.3 is 14.2 Å². The van der Waals surface area contributed by atoms with Crippen LogP contribution in [0.2, 0.25) is 0 Å². The van der Waals surface area contributed by atoms with Gasteiger partial charge in [0, 0.05) is 5.41 Å². The molecule has 3 rings (SSSR count). The standard InChI is InChI=1S/C10H17BrO3/c1-3-8(11)10-12-5-9(4-2,6-13-10)7-14-10/h8H,3-7H2,1-2H3. The molecule has 0 spiro atoms. The maximum atomic E-state index is 5.72. The summed E-state index contributed by atoms with van der Waals surface area (Å²) in [6.07, 6.45) is 1.97. The second-order valence-electron chi connectivity index (χ2n) is 4.20. The van der Waals surface area contributed by atoms with E-state index in [2.05, 4.69) is 29.8 Å². The van der Waals surface area contributed by atoms with Crippen molar-refractivity contribution >= 4 is 15.9 Å². The molecule has 3 heterocycles. The molecular formula is C10H17BrO3. The van der Waals surface area contributed by atoms with Gasteiger partial charge >= 0.3 is 0 Å². The first-order chi connectivity index (χ1) is 6.66. The predicted molar refractivity (Wildman–Crippen MR) is 56.3 cm³/mol. The molecule has 0 aliphatic carbocycles. The minimum Gasteiger partial charge on any atom is -0.326 e. The van der Waals surface area contributed by atoms with Crippen molar-refractivity contribution in [3.05, 3.63) is 0 Å². The molecule has 0 aromatic heterocycles. The van der Waals surface area contributed by atoms with Crippen LogP contribution in [-0.2, 0) is 14.2 Å². The van der Waals surface area contributed by atoms with Crippen LogP contribution >= 0.6 is 15.9 Å². The van der Waals surface area contributed by atoms with Crippen LogP contribution in [0.3, 0.4) is 0 Å². The van der Waals surface area contributed by atoms with Gasteiger partial charge in [-0.3, -0.25) is 0 Å². The Balaban J connectivity index is 2.08. The number of alkyl halides is 1. The molecule has 3 nitrogen and oxygen atoms in total. The van der Waals surface area contributed by atoms with Crippen molar-refractivity contribution in [2.45, 2.75) is 37.5 Å². The fourth-order valence-corrected chi connectivity index (χ4v) is 2.24. The zero-order valence-electron chi connectivity index (χ0n) is 8.72. The summed E-state index contributed by atoms with van der Waals surface area (Å²) in [6, 6.07) is 0. The molecule has 3 saturated heterocycles. The summed E-state index contributed by atoms with van der Waals surface area (Å²) in [4.78, 5) is 0.116. The van der Waals surface area contributed by atoms with Crippen molar-refractivity contribution in [3.63, 3.8) is 0 Å². The van der Waals surface area contributed by atoms with E-state index in [0.29, 0.717) is 0 Å². The zero-order valence-corrected chi connectivity index (χ0v) is 10.3. The molecular weight excluding hydrogens is 248 g/mol. The van der Waals surface area contributed by atoms with E-state index in [0.717, 1.165) is 32.7 Å². The van der Waals surface area contributed by atoms with Crippen molar-refractivity contribution in [1.82, 2.24) is 0 Å². The Morgan fingerprint density at radius 1 is 1.14 bits per heavy atom. The van der Waals surface area contributed by atoms with Crippen LogP contribution in [0.5, 0.6) is 0 Å². The van der Waals surface area contributed by atoms with E-state index in [-0.39, 0.29) is 10.2 Å². The van der Waals surface area contributed by atoms with Crippen molar-refractivity contribution in [2.24, 2.45) is 5.41 Å². The van der Waals surface area contributed by atoms with Gasteiger partial charge in [-0.1, -0.05) is 29.8 Å². The van der Waals surface area contributed by atoms with Crippen molar-refractivity contribution in [3.8, 4) is 0 Å². The summed E-state index contributed by atoms with van der Waals surface area (Å²) in [5.41, 5.74) is 0.0994. The lowest BCUT2D eigenvalue weighted by molar-refractivity contribution is -0.466. The lowest BCUT2D eigenvalue weighted by atomic mass is 9.86. The molecule has 4 heteroatoms. The molecule has 0 amide bonds. The normalized spacial score (nSPS) is 43.9. The summed E-state index contributed by atoms with van der Waals surface area (Å²) in [6.45, 7) is 6.50. The van der Waals surface area contributed by atoms with Crippen LogP contribution in [0.25, 0.3) is 0 Å². The molecule has 1 atom stereocenters. The van der Waals surface area contributed by atoms with Crippen LogP contribution in [0, 0.1) is 5.41 Å². The molecule has 3 aliphatic rings. The maximum Gasteiger partial charge on any atom is 0.296 e. The number of hydrogen-bond donors (Lipinski definition) is 0. The summed E-state index contributed by atoms with van der Waals surface area (Å²) >= 11 is 3.54. The highest BCUT2D eigenvalue weighted by molar-refractivity contribution is 9.09. The lowest BCUT2D eigenvalue weighted by Crippen LogP contribution is -2.63. The van der Waals surface area contributed by atoms with E-state index in [1.54, 1.807) is 0 Å². The number of hydrogen-bond acceptors (Lipinski definition) is 3. The molecule has 0 radical (unpaired) electrons. The Bertz CT molecular complexity index is 195. The van der Waals surface area contributed by atoms with Crippen LogP contribution in [0.1, 0.15) is 26.7 Å². The summed E-state index contributed by atoms with van der Waals surface area (Å²) in [5, 5.41) is 0. The average molecular weight is 265 g/mol. The highest BCUT2D eigenvalue weighted by Crippen LogP contribution is 2.44. The second kappa shape index (κ2) is 3.74. The highest BCUT2D eigenvalue weighted by atomic mass is 79.9. The van der Waals surface area contributed by atoms with Crippen molar-refractivity contribution in [1.29, 1.82) is 0 Å². The third-order valence-electron chi connectivity index (χ3n) is 3.23. The Kier molecular flexibility index (Phi) is 2.90. The molecule has 0 aromatic rings. The smallest absolute Gasteiger partial charge is 0.296 e. The maximum absolute atomic E-state index is 5.72. The van der Waals surface area contributed by atoms with Gasteiger partial charge in [0.2, 0.25) is 0 Å². The Morgan fingerprint density at radius 3 is 2.00 bits per heavy atom. The quantitative estimate of drug-likeness (QED) is 0.733. The minimum atomic E-state index is -0.814. The number of halogens is 1. The van der Waals surface area contributed by atoms with Crippen LogP contribution < -0.4 is 0 Å². The Labute approximate surface area is 93.2 Å². The van der Waals surface area contributed by atoms with E-state index in [9.17, 15) is 0 Å². The average Bonchev–Trinajstić information content (AvgIpc) is 2.30.